The lowest BCUT2D eigenvalue weighted by Crippen LogP contribution is -2.39. The number of thioether (sulfide) groups is 1. The van der Waals surface area contributed by atoms with Gasteiger partial charge in [-0.3, -0.25) is 9.69 Å². The fourth-order valence-corrected chi connectivity index (χ4v) is 6.25. The maximum atomic E-state index is 12.8. The molecule has 0 bridgehead atoms. The summed E-state index contributed by atoms with van der Waals surface area (Å²) in [5.74, 6) is 0.203. The number of amides is 1. The Morgan fingerprint density at radius 3 is 2.65 bits per heavy atom. The molecule has 3 nitrogen and oxygen atoms in total. The maximum Gasteiger partial charge on any atom is 0.266 e. The highest BCUT2D eigenvalue weighted by Crippen LogP contribution is 2.39. The molecule has 1 heterocycles. The van der Waals surface area contributed by atoms with Crippen LogP contribution in [0.1, 0.15) is 37.7 Å². The highest BCUT2D eigenvalue weighted by atomic mass is 127. The van der Waals surface area contributed by atoms with Crippen molar-refractivity contribution in [1.82, 2.24) is 4.90 Å². The molecular formula is C16H15I2NO2S2. The average molecular weight is 571 g/mol. The first-order valence-corrected chi connectivity index (χ1v) is 10.8. The van der Waals surface area contributed by atoms with Gasteiger partial charge in [-0.05, 0) is 76.2 Å². The Labute approximate surface area is 172 Å². The fraction of sp³-hybridized carbons (Fsp3) is 0.375. The van der Waals surface area contributed by atoms with Gasteiger partial charge >= 0.3 is 0 Å². The fourth-order valence-electron chi connectivity index (χ4n) is 2.97. The van der Waals surface area contributed by atoms with E-state index in [9.17, 15) is 9.90 Å². The maximum absolute atomic E-state index is 12.8. The van der Waals surface area contributed by atoms with Gasteiger partial charge in [-0.15, -0.1) is 0 Å². The number of carbonyl (C=O) groups excluding carboxylic acids is 1. The minimum atomic E-state index is -0.0137. The standard InChI is InChI=1S/C16H15I2NO2S2/c17-10-6-9(14(20)12(18)8-10)7-13-15(21)19(16(22)23-13)11-4-2-1-3-5-11/h6-8,11,20H,1-5H2. The Balaban J connectivity index is 1.90. The summed E-state index contributed by atoms with van der Waals surface area (Å²) in [6.07, 6.45) is 7.41. The van der Waals surface area contributed by atoms with Crippen molar-refractivity contribution in [2.75, 3.05) is 0 Å². The molecule has 0 aromatic heterocycles. The predicted molar refractivity (Wildman–Crippen MR) is 115 cm³/mol. The molecule has 0 radical (unpaired) electrons. The molecule has 3 rings (SSSR count). The minimum absolute atomic E-state index is 0.0137. The van der Waals surface area contributed by atoms with Crippen LogP contribution in [0.5, 0.6) is 5.75 Å². The van der Waals surface area contributed by atoms with E-state index in [0.717, 1.165) is 32.8 Å². The van der Waals surface area contributed by atoms with Gasteiger partial charge in [0.05, 0.1) is 8.48 Å². The van der Waals surface area contributed by atoms with Crippen LogP contribution in [0.3, 0.4) is 0 Å². The third-order valence-electron chi connectivity index (χ3n) is 4.11. The lowest BCUT2D eigenvalue weighted by Gasteiger charge is -2.29. The van der Waals surface area contributed by atoms with Crippen molar-refractivity contribution in [3.63, 3.8) is 0 Å². The Hall–Kier alpha value is 0.130. The number of benzene rings is 1. The van der Waals surface area contributed by atoms with Gasteiger partial charge in [0.15, 0.2) is 0 Å². The van der Waals surface area contributed by atoms with E-state index in [-0.39, 0.29) is 17.7 Å². The number of hydrogen-bond donors (Lipinski definition) is 1. The molecule has 1 saturated carbocycles. The zero-order valence-corrected chi connectivity index (χ0v) is 18.2. The molecule has 1 N–H and O–H groups in total. The number of nitrogens with zero attached hydrogens (tertiary/aromatic N) is 1. The second-order valence-electron chi connectivity index (χ2n) is 5.67. The Morgan fingerprint density at radius 2 is 1.96 bits per heavy atom. The van der Waals surface area contributed by atoms with Crippen LogP contribution in [0.2, 0.25) is 0 Å². The summed E-state index contributed by atoms with van der Waals surface area (Å²) in [6.45, 7) is 0. The van der Waals surface area contributed by atoms with Crippen LogP contribution < -0.4 is 0 Å². The molecule has 7 heteroatoms. The molecule has 1 saturated heterocycles. The van der Waals surface area contributed by atoms with E-state index >= 15 is 0 Å². The van der Waals surface area contributed by atoms with Crippen LogP contribution in [0, 0.1) is 7.14 Å². The molecule has 2 fully saturated rings. The van der Waals surface area contributed by atoms with E-state index in [0.29, 0.717) is 14.8 Å². The molecule has 122 valence electrons. The highest BCUT2D eigenvalue weighted by molar-refractivity contribution is 14.1. The summed E-state index contributed by atoms with van der Waals surface area (Å²) in [4.78, 5) is 15.2. The molecule has 0 unspecified atom stereocenters. The summed E-state index contributed by atoms with van der Waals surface area (Å²) in [7, 11) is 0. The monoisotopic (exact) mass is 571 g/mol. The van der Waals surface area contributed by atoms with Crippen LogP contribution in [0.4, 0.5) is 0 Å². The summed E-state index contributed by atoms with van der Waals surface area (Å²) in [5, 5.41) is 10.2. The predicted octanol–water partition coefficient (Wildman–Crippen LogP) is 5.14. The van der Waals surface area contributed by atoms with Crippen molar-refractivity contribution in [2.45, 2.75) is 38.1 Å². The highest BCUT2D eigenvalue weighted by Gasteiger charge is 2.37. The van der Waals surface area contributed by atoms with Gasteiger partial charge in [0.2, 0.25) is 0 Å². The van der Waals surface area contributed by atoms with Crippen LogP contribution in [0.25, 0.3) is 6.08 Å². The molecule has 1 aromatic rings. The number of thiocarbonyl (C=S) groups is 1. The number of phenolic OH excluding ortho intramolecular Hbond substituents is 1. The molecular weight excluding hydrogens is 556 g/mol. The van der Waals surface area contributed by atoms with Gasteiger partial charge in [0.25, 0.3) is 5.91 Å². The molecule has 1 aromatic carbocycles. The molecule has 1 aliphatic carbocycles. The number of phenols is 1. The number of aromatic hydroxyl groups is 1. The average Bonchev–Trinajstić information content (AvgIpc) is 2.79. The van der Waals surface area contributed by atoms with E-state index in [1.807, 2.05) is 12.1 Å². The van der Waals surface area contributed by atoms with Crippen LogP contribution >= 0.6 is 69.2 Å². The Morgan fingerprint density at radius 1 is 1.26 bits per heavy atom. The number of halogens is 2. The van der Waals surface area contributed by atoms with E-state index in [2.05, 4.69) is 45.2 Å². The number of hydrogen-bond acceptors (Lipinski definition) is 4. The lowest BCUT2D eigenvalue weighted by atomic mass is 9.94. The first-order chi connectivity index (χ1) is 11.0. The normalized spacial score (nSPS) is 21.5. The first kappa shape index (κ1) is 17.9. The van der Waals surface area contributed by atoms with Crippen LogP contribution in [-0.2, 0) is 4.79 Å². The zero-order valence-electron chi connectivity index (χ0n) is 12.2. The van der Waals surface area contributed by atoms with Crippen LogP contribution in [0.15, 0.2) is 17.0 Å². The number of carbonyl (C=O) groups is 1. The second kappa shape index (κ2) is 7.57. The van der Waals surface area contributed by atoms with E-state index < -0.39 is 0 Å². The van der Waals surface area contributed by atoms with Crippen molar-refractivity contribution in [3.05, 3.63) is 29.7 Å². The largest absolute Gasteiger partial charge is 0.506 e. The topological polar surface area (TPSA) is 40.5 Å². The van der Waals surface area contributed by atoms with Gasteiger partial charge in [0.1, 0.15) is 10.1 Å². The molecule has 0 atom stereocenters. The quantitative estimate of drug-likeness (QED) is 0.304. The SMILES string of the molecule is O=C1C(=Cc2cc(I)cc(I)c2O)SC(=S)N1C1CCCCC1. The van der Waals surface area contributed by atoms with Gasteiger partial charge in [-0.1, -0.05) is 43.2 Å². The third kappa shape index (κ3) is 3.87. The van der Waals surface area contributed by atoms with E-state index in [1.165, 1.54) is 18.2 Å². The van der Waals surface area contributed by atoms with Crippen molar-refractivity contribution < 1.29 is 9.90 Å². The summed E-state index contributed by atoms with van der Waals surface area (Å²) in [5.41, 5.74) is 0.672. The van der Waals surface area contributed by atoms with E-state index in [4.69, 9.17) is 12.2 Å². The Kier molecular flexibility index (Phi) is 5.90. The van der Waals surface area contributed by atoms with Gasteiger partial charge in [-0.25, -0.2) is 0 Å². The Bertz CT molecular complexity index is 700. The van der Waals surface area contributed by atoms with Crippen molar-refractivity contribution in [1.29, 1.82) is 0 Å². The van der Waals surface area contributed by atoms with Gasteiger partial charge in [-0.2, -0.15) is 0 Å². The molecule has 0 spiro atoms. The third-order valence-corrected chi connectivity index (χ3v) is 6.88. The molecule has 1 amide bonds. The minimum Gasteiger partial charge on any atom is -0.506 e. The van der Waals surface area contributed by atoms with Crippen molar-refractivity contribution >= 4 is 85.5 Å². The molecule has 1 aliphatic heterocycles. The second-order valence-corrected chi connectivity index (χ2v) is 9.75. The van der Waals surface area contributed by atoms with Crippen molar-refractivity contribution in [3.8, 4) is 5.75 Å². The molecule has 23 heavy (non-hydrogen) atoms. The lowest BCUT2D eigenvalue weighted by molar-refractivity contribution is -0.124. The smallest absolute Gasteiger partial charge is 0.266 e. The zero-order chi connectivity index (χ0) is 16.6. The number of rotatable bonds is 2. The summed E-state index contributed by atoms with van der Waals surface area (Å²) in [6, 6.07) is 4.03. The molecule has 2 aliphatic rings. The summed E-state index contributed by atoms with van der Waals surface area (Å²) < 4.78 is 2.45. The van der Waals surface area contributed by atoms with Crippen LogP contribution in [-0.4, -0.2) is 26.3 Å². The van der Waals surface area contributed by atoms with Gasteiger partial charge in [0, 0.05) is 15.2 Å². The van der Waals surface area contributed by atoms with E-state index in [1.54, 1.807) is 11.0 Å². The first-order valence-electron chi connectivity index (χ1n) is 7.42. The van der Waals surface area contributed by atoms with Gasteiger partial charge < -0.3 is 5.11 Å². The summed E-state index contributed by atoms with van der Waals surface area (Å²) >= 11 is 11.1. The van der Waals surface area contributed by atoms with Crippen molar-refractivity contribution in [2.24, 2.45) is 0 Å².